The van der Waals surface area contributed by atoms with Gasteiger partial charge >= 0.3 is 0 Å². The van der Waals surface area contributed by atoms with Gasteiger partial charge in [-0.2, -0.15) is 0 Å². The third-order valence-corrected chi connectivity index (χ3v) is 4.46. The smallest absolute Gasteiger partial charge is 0.231 e. The fourth-order valence-electron chi connectivity index (χ4n) is 1.54. The van der Waals surface area contributed by atoms with Crippen LogP contribution in [-0.4, -0.2) is 26.3 Å². The number of nitrogens with zero attached hydrogens (tertiary/aromatic N) is 2. The molecule has 0 radical (unpaired) electrons. The zero-order valence-corrected chi connectivity index (χ0v) is 12.7. The number of amides is 1. The molecule has 0 saturated carbocycles. The number of halogens is 1. The zero-order valence-electron chi connectivity index (χ0n) is 10.3. The number of carbonyl (C=O) groups excluding carboxylic acids is 1. The Morgan fingerprint density at radius 2 is 2.26 bits per heavy atom. The molecule has 2 aromatic rings. The third-order valence-electron chi connectivity index (χ3n) is 2.53. The summed E-state index contributed by atoms with van der Waals surface area (Å²) in [4.78, 5) is 15.6. The molecule has 5 nitrogen and oxygen atoms in total. The first-order valence-electron chi connectivity index (χ1n) is 5.75. The minimum absolute atomic E-state index is 0.303. The molecule has 100 valence electrons. The van der Waals surface area contributed by atoms with Crippen LogP contribution in [0.1, 0.15) is 13.3 Å². The second kappa shape index (κ2) is 6.21. The van der Waals surface area contributed by atoms with Crippen LogP contribution in [0, 0.1) is 0 Å². The third kappa shape index (κ3) is 3.36. The number of hydrogen-bond acceptors (Lipinski definition) is 4. The van der Waals surface area contributed by atoms with Crippen LogP contribution in [0.25, 0.3) is 11.4 Å². The van der Waals surface area contributed by atoms with Gasteiger partial charge in [-0.3, -0.25) is 9.89 Å². The molecule has 1 aromatic heterocycles. The molecule has 0 unspecified atom stereocenters. The van der Waals surface area contributed by atoms with Crippen molar-refractivity contribution in [2.75, 3.05) is 0 Å². The Labute approximate surface area is 123 Å². The highest BCUT2D eigenvalue weighted by Gasteiger charge is 2.18. The molecule has 7 heteroatoms. The summed E-state index contributed by atoms with van der Waals surface area (Å²) in [6.07, 6.45) is 0.652. The second-order valence-electron chi connectivity index (χ2n) is 3.86. The average Bonchev–Trinajstić information content (AvgIpc) is 2.84. The minimum Gasteiger partial charge on any atom is -0.369 e. The predicted molar refractivity (Wildman–Crippen MR) is 78.6 cm³/mol. The molecular formula is C12H13BrN4OS. The van der Waals surface area contributed by atoms with E-state index in [1.165, 1.54) is 11.8 Å². The first-order chi connectivity index (χ1) is 9.11. The molecule has 0 spiro atoms. The van der Waals surface area contributed by atoms with Gasteiger partial charge in [-0.15, -0.1) is 5.10 Å². The van der Waals surface area contributed by atoms with E-state index >= 15 is 0 Å². The number of primary amides is 1. The van der Waals surface area contributed by atoms with E-state index in [0.717, 1.165) is 10.0 Å². The maximum Gasteiger partial charge on any atom is 0.231 e. The Hall–Kier alpha value is -1.34. The summed E-state index contributed by atoms with van der Waals surface area (Å²) < 4.78 is 0.935. The van der Waals surface area contributed by atoms with Crippen LogP contribution in [0.3, 0.4) is 0 Å². The van der Waals surface area contributed by atoms with Crippen LogP contribution in [-0.2, 0) is 4.79 Å². The zero-order chi connectivity index (χ0) is 13.8. The summed E-state index contributed by atoms with van der Waals surface area (Å²) in [5.74, 6) is 0.314. The summed E-state index contributed by atoms with van der Waals surface area (Å²) >= 11 is 4.74. The number of H-pyrrole nitrogens is 1. The number of rotatable bonds is 5. The predicted octanol–water partition coefficient (Wildman–Crippen LogP) is 2.59. The van der Waals surface area contributed by atoms with Gasteiger partial charge in [-0.1, -0.05) is 52.8 Å². The van der Waals surface area contributed by atoms with E-state index in [1.54, 1.807) is 0 Å². The van der Waals surface area contributed by atoms with Crippen molar-refractivity contribution in [1.82, 2.24) is 15.2 Å². The van der Waals surface area contributed by atoms with Crippen molar-refractivity contribution >= 4 is 33.6 Å². The van der Waals surface area contributed by atoms with Gasteiger partial charge in [-0.05, 0) is 12.5 Å². The van der Waals surface area contributed by atoms with E-state index in [1.807, 2.05) is 31.2 Å². The number of nitrogens with one attached hydrogen (secondary N) is 1. The van der Waals surface area contributed by atoms with Crippen molar-refractivity contribution in [2.24, 2.45) is 5.73 Å². The fourth-order valence-corrected chi connectivity index (χ4v) is 2.79. The molecular weight excluding hydrogens is 328 g/mol. The molecule has 2 rings (SSSR count). The molecule has 3 N–H and O–H groups in total. The van der Waals surface area contributed by atoms with E-state index in [9.17, 15) is 4.79 Å². The van der Waals surface area contributed by atoms with E-state index in [-0.39, 0.29) is 11.2 Å². The lowest BCUT2D eigenvalue weighted by molar-refractivity contribution is -0.117. The van der Waals surface area contributed by atoms with Gasteiger partial charge in [0, 0.05) is 10.0 Å². The van der Waals surface area contributed by atoms with Gasteiger partial charge in [0.2, 0.25) is 11.1 Å². The first kappa shape index (κ1) is 14.1. The molecule has 1 aromatic carbocycles. The summed E-state index contributed by atoms with van der Waals surface area (Å²) in [5.41, 5.74) is 6.23. The van der Waals surface area contributed by atoms with E-state index in [2.05, 4.69) is 31.1 Å². The van der Waals surface area contributed by atoms with Crippen molar-refractivity contribution in [1.29, 1.82) is 0 Å². The second-order valence-corrected chi connectivity index (χ2v) is 5.89. The van der Waals surface area contributed by atoms with Crippen LogP contribution in [0.4, 0.5) is 0 Å². The van der Waals surface area contributed by atoms with E-state index in [4.69, 9.17) is 5.73 Å². The number of carbonyl (C=O) groups is 1. The van der Waals surface area contributed by atoms with Gasteiger partial charge < -0.3 is 5.73 Å². The van der Waals surface area contributed by atoms with Crippen LogP contribution >= 0.6 is 27.7 Å². The highest BCUT2D eigenvalue weighted by molar-refractivity contribution is 9.10. The average molecular weight is 341 g/mol. The monoisotopic (exact) mass is 340 g/mol. The van der Waals surface area contributed by atoms with Crippen molar-refractivity contribution in [3.63, 3.8) is 0 Å². The van der Waals surface area contributed by atoms with Crippen molar-refractivity contribution < 1.29 is 4.79 Å². The highest BCUT2D eigenvalue weighted by atomic mass is 79.9. The molecule has 19 heavy (non-hydrogen) atoms. The van der Waals surface area contributed by atoms with Gasteiger partial charge in [0.15, 0.2) is 5.82 Å². The molecule has 1 amide bonds. The van der Waals surface area contributed by atoms with Crippen molar-refractivity contribution in [2.45, 2.75) is 23.8 Å². The molecule has 0 fully saturated rings. The molecule has 0 aliphatic heterocycles. The lowest BCUT2D eigenvalue weighted by Gasteiger charge is -2.06. The van der Waals surface area contributed by atoms with Gasteiger partial charge in [0.25, 0.3) is 0 Å². The summed E-state index contributed by atoms with van der Waals surface area (Å²) in [7, 11) is 0. The standard InChI is InChI=1S/C12H13BrN4OS/c1-2-9(10(14)18)19-12-15-11(16-17-12)7-5-3-4-6-8(7)13/h3-6,9H,2H2,1H3,(H2,14,18)(H,15,16,17)/t9-/m1/s1. The maximum absolute atomic E-state index is 11.2. The SMILES string of the molecule is CC[C@@H](Sc1n[nH]c(-c2ccccc2Br)n1)C(N)=O. The largest absolute Gasteiger partial charge is 0.369 e. The van der Waals surface area contributed by atoms with Crippen LogP contribution in [0.2, 0.25) is 0 Å². The maximum atomic E-state index is 11.2. The first-order valence-corrected chi connectivity index (χ1v) is 7.42. The number of nitrogens with two attached hydrogens (primary N) is 1. The topological polar surface area (TPSA) is 84.7 Å². The Balaban J connectivity index is 2.20. The number of aromatic nitrogens is 3. The Bertz CT molecular complexity index is 587. The van der Waals surface area contributed by atoms with Crippen LogP contribution < -0.4 is 5.73 Å². The summed E-state index contributed by atoms with van der Waals surface area (Å²) in [5, 5.41) is 7.19. The quantitative estimate of drug-likeness (QED) is 0.819. The van der Waals surface area contributed by atoms with Crippen molar-refractivity contribution in [3.8, 4) is 11.4 Å². The summed E-state index contributed by atoms with van der Waals surface area (Å²) in [6, 6.07) is 7.72. The normalized spacial score (nSPS) is 12.3. The van der Waals surface area contributed by atoms with Crippen LogP contribution in [0.15, 0.2) is 33.9 Å². The Kier molecular flexibility index (Phi) is 4.60. The highest BCUT2D eigenvalue weighted by Crippen LogP contribution is 2.28. The molecule has 0 aliphatic rings. The minimum atomic E-state index is -0.347. The molecule has 0 bridgehead atoms. The number of hydrogen-bond donors (Lipinski definition) is 2. The fraction of sp³-hybridized carbons (Fsp3) is 0.250. The van der Waals surface area contributed by atoms with Gasteiger partial charge in [-0.25, -0.2) is 4.98 Å². The van der Waals surface area contributed by atoms with Crippen LogP contribution in [0.5, 0.6) is 0 Å². The summed E-state index contributed by atoms with van der Waals surface area (Å²) in [6.45, 7) is 1.91. The molecule has 1 atom stereocenters. The number of benzene rings is 1. The Morgan fingerprint density at radius 1 is 1.53 bits per heavy atom. The molecule has 1 heterocycles. The van der Waals surface area contributed by atoms with Gasteiger partial charge in [0.1, 0.15) is 0 Å². The van der Waals surface area contributed by atoms with Crippen molar-refractivity contribution in [3.05, 3.63) is 28.7 Å². The lowest BCUT2D eigenvalue weighted by Crippen LogP contribution is -2.24. The van der Waals surface area contributed by atoms with E-state index in [0.29, 0.717) is 17.4 Å². The Morgan fingerprint density at radius 3 is 2.89 bits per heavy atom. The molecule has 0 saturated heterocycles. The number of aromatic amines is 1. The van der Waals surface area contributed by atoms with E-state index < -0.39 is 0 Å². The van der Waals surface area contributed by atoms with Gasteiger partial charge in [0.05, 0.1) is 5.25 Å². The molecule has 0 aliphatic carbocycles. The lowest BCUT2D eigenvalue weighted by atomic mass is 10.2. The number of thioether (sulfide) groups is 1.